The first-order valence-electron chi connectivity index (χ1n) is 2.84. The summed E-state index contributed by atoms with van der Waals surface area (Å²) in [6.45, 7) is 2.87. The van der Waals surface area contributed by atoms with E-state index in [1.807, 2.05) is 18.9 Å². The molecule has 0 unspecified atom stereocenters. The number of hydrogen-bond donors (Lipinski definition) is 1. The van der Waals surface area contributed by atoms with Crippen molar-refractivity contribution >= 4 is 5.91 Å². The molecular weight excluding hydrogens is 116 g/mol. The summed E-state index contributed by atoms with van der Waals surface area (Å²) >= 11 is 0. The number of nitrogens with zero attached hydrogens (tertiary/aromatic N) is 1. The van der Waals surface area contributed by atoms with Crippen molar-refractivity contribution in [1.82, 2.24) is 4.90 Å². The van der Waals surface area contributed by atoms with Gasteiger partial charge in [0.05, 0.1) is 0 Å². The average Bonchev–Trinajstić information content (AvgIpc) is 1.83. The maximum absolute atomic E-state index is 10.1. The lowest BCUT2D eigenvalue weighted by atomic mass is 10.5. The predicted molar refractivity (Wildman–Crippen MR) is 36.6 cm³/mol. The number of hydrogen-bond acceptors (Lipinski definition) is 2. The standard InChI is InChI=1S/C6H12N2O/c1-3-8(2)5-4-6(7)9/h4-5H,3H2,1-2H3,(H2,7,9)/b5-4+. The Bertz CT molecular complexity index is 120. The van der Waals surface area contributed by atoms with Gasteiger partial charge in [-0.3, -0.25) is 4.79 Å². The Morgan fingerprint density at radius 3 is 2.67 bits per heavy atom. The van der Waals surface area contributed by atoms with Crippen LogP contribution in [-0.4, -0.2) is 24.4 Å². The molecule has 0 aromatic heterocycles. The van der Waals surface area contributed by atoms with E-state index in [2.05, 4.69) is 0 Å². The summed E-state index contributed by atoms with van der Waals surface area (Å²) in [6.07, 6.45) is 2.99. The zero-order valence-corrected chi connectivity index (χ0v) is 5.79. The largest absolute Gasteiger partial charge is 0.381 e. The first-order chi connectivity index (χ1) is 4.16. The smallest absolute Gasteiger partial charge is 0.242 e. The van der Waals surface area contributed by atoms with Crippen LogP contribution in [0.3, 0.4) is 0 Å². The molecule has 3 heteroatoms. The highest BCUT2D eigenvalue weighted by Crippen LogP contribution is 1.80. The Morgan fingerprint density at radius 1 is 1.78 bits per heavy atom. The van der Waals surface area contributed by atoms with Crippen LogP contribution < -0.4 is 5.73 Å². The molecule has 0 spiro atoms. The number of nitrogens with two attached hydrogens (primary N) is 1. The van der Waals surface area contributed by atoms with E-state index in [0.29, 0.717) is 0 Å². The maximum atomic E-state index is 10.1. The number of carbonyl (C=O) groups excluding carboxylic acids is 1. The van der Waals surface area contributed by atoms with Crippen LogP contribution in [0.25, 0.3) is 0 Å². The second-order valence-electron chi connectivity index (χ2n) is 1.79. The highest BCUT2D eigenvalue weighted by atomic mass is 16.1. The van der Waals surface area contributed by atoms with Crippen molar-refractivity contribution in [3.63, 3.8) is 0 Å². The SMILES string of the molecule is CCN(C)/C=C/C(N)=O. The van der Waals surface area contributed by atoms with Crippen molar-refractivity contribution in [2.45, 2.75) is 6.92 Å². The van der Waals surface area contributed by atoms with Gasteiger partial charge in [0.2, 0.25) is 5.91 Å². The van der Waals surface area contributed by atoms with Crippen LogP contribution in [0.2, 0.25) is 0 Å². The minimum Gasteiger partial charge on any atom is -0.381 e. The predicted octanol–water partition coefficient (Wildman–Crippen LogP) is -0.0629. The van der Waals surface area contributed by atoms with Gasteiger partial charge in [-0.2, -0.15) is 0 Å². The summed E-state index contributed by atoms with van der Waals surface area (Å²) in [5.74, 6) is -0.407. The number of amides is 1. The molecule has 0 saturated carbocycles. The van der Waals surface area contributed by atoms with E-state index < -0.39 is 5.91 Å². The van der Waals surface area contributed by atoms with E-state index in [4.69, 9.17) is 5.73 Å². The third-order valence-electron chi connectivity index (χ3n) is 0.992. The molecule has 0 bridgehead atoms. The van der Waals surface area contributed by atoms with Crippen LogP contribution in [-0.2, 0) is 4.79 Å². The third kappa shape index (κ3) is 4.87. The second-order valence-corrected chi connectivity index (χ2v) is 1.79. The lowest BCUT2D eigenvalue weighted by Gasteiger charge is -2.07. The number of carbonyl (C=O) groups is 1. The molecule has 0 rings (SSSR count). The fraction of sp³-hybridized carbons (Fsp3) is 0.500. The minimum absolute atomic E-state index is 0.407. The van der Waals surface area contributed by atoms with Crippen molar-refractivity contribution < 1.29 is 4.79 Å². The van der Waals surface area contributed by atoms with Gasteiger partial charge in [-0.1, -0.05) is 0 Å². The van der Waals surface area contributed by atoms with Crippen molar-refractivity contribution in [3.05, 3.63) is 12.3 Å². The molecule has 0 aromatic rings. The fourth-order valence-electron chi connectivity index (χ4n) is 0.306. The Labute approximate surface area is 55.1 Å². The average molecular weight is 128 g/mol. The van der Waals surface area contributed by atoms with Gasteiger partial charge in [-0.05, 0) is 6.92 Å². The molecule has 0 aromatic carbocycles. The lowest BCUT2D eigenvalue weighted by molar-refractivity contribution is -0.113. The molecule has 0 heterocycles. The van der Waals surface area contributed by atoms with Gasteiger partial charge in [0, 0.05) is 25.9 Å². The van der Waals surface area contributed by atoms with Crippen molar-refractivity contribution in [2.75, 3.05) is 13.6 Å². The highest BCUT2D eigenvalue weighted by Gasteiger charge is 1.84. The third-order valence-corrected chi connectivity index (χ3v) is 0.992. The van der Waals surface area contributed by atoms with Crippen LogP contribution >= 0.6 is 0 Å². The molecule has 0 atom stereocenters. The van der Waals surface area contributed by atoms with Gasteiger partial charge in [-0.15, -0.1) is 0 Å². The summed E-state index contributed by atoms with van der Waals surface area (Å²) in [5.41, 5.74) is 4.84. The monoisotopic (exact) mass is 128 g/mol. The number of primary amides is 1. The molecule has 9 heavy (non-hydrogen) atoms. The van der Waals surface area contributed by atoms with E-state index in [1.165, 1.54) is 6.08 Å². The van der Waals surface area contributed by atoms with Crippen LogP contribution in [0.5, 0.6) is 0 Å². The van der Waals surface area contributed by atoms with Crippen LogP contribution in [0.4, 0.5) is 0 Å². The van der Waals surface area contributed by atoms with E-state index >= 15 is 0 Å². The molecule has 0 fully saturated rings. The Hall–Kier alpha value is -0.990. The second kappa shape index (κ2) is 3.95. The quantitative estimate of drug-likeness (QED) is 0.541. The zero-order chi connectivity index (χ0) is 7.28. The van der Waals surface area contributed by atoms with Gasteiger partial charge in [0.15, 0.2) is 0 Å². The van der Waals surface area contributed by atoms with Gasteiger partial charge >= 0.3 is 0 Å². The summed E-state index contributed by atoms with van der Waals surface area (Å²) in [7, 11) is 1.87. The summed E-state index contributed by atoms with van der Waals surface area (Å²) < 4.78 is 0. The van der Waals surface area contributed by atoms with Crippen LogP contribution in [0, 0.1) is 0 Å². The van der Waals surface area contributed by atoms with Crippen molar-refractivity contribution in [1.29, 1.82) is 0 Å². The molecule has 1 amide bonds. The van der Waals surface area contributed by atoms with Gasteiger partial charge in [-0.25, -0.2) is 0 Å². The molecule has 0 aliphatic carbocycles. The van der Waals surface area contributed by atoms with Gasteiger partial charge in [0.25, 0.3) is 0 Å². The van der Waals surface area contributed by atoms with Gasteiger partial charge in [0.1, 0.15) is 0 Å². The Balaban J connectivity index is 3.56. The zero-order valence-electron chi connectivity index (χ0n) is 5.79. The first kappa shape index (κ1) is 8.01. The van der Waals surface area contributed by atoms with E-state index in [1.54, 1.807) is 6.20 Å². The summed E-state index contributed by atoms with van der Waals surface area (Å²) in [4.78, 5) is 12.0. The van der Waals surface area contributed by atoms with Crippen molar-refractivity contribution in [2.24, 2.45) is 5.73 Å². The maximum Gasteiger partial charge on any atom is 0.242 e. The molecule has 52 valence electrons. The van der Waals surface area contributed by atoms with Crippen LogP contribution in [0.1, 0.15) is 6.92 Å². The first-order valence-corrected chi connectivity index (χ1v) is 2.84. The topological polar surface area (TPSA) is 46.3 Å². The Kier molecular flexibility index (Phi) is 3.51. The molecule has 2 N–H and O–H groups in total. The molecule has 0 aliphatic heterocycles. The van der Waals surface area contributed by atoms with E-state index in [-0.39, 0.29) is 0 Å². The van der Waals surface area contributed by atoms with Gasteiger partial charge < -0.3 is 10.6 Å². The highest BCUT2D eigenvalue weighted by molar-refractivity contribution is 5.85. The van der Waals surface area contributed by atoms with E-state index in [9.17, 15) is 4.79 Å². The molecule has 0 aliphatic rings. The van der Waals surface area contributed by atoms with E-state index in [0.717, 1.165) is 6.54 Å². The lowest BCUT2D eigenvalue weighted by Crippen LogP contribution is -2.12. The summed E-state index contributed by atoms with van der Waals surface area (Å²) in [5, 5.41) is 0. The molecule has 0 saturated heterocycles. The normalized spacial score (nSPS) is 10.0. The van der Waals surface area contributed by atoms with Crippen LogP contribution in [0.15, 0.2) is 12.3 Å². The van der Waals surface area contributed by atoms with Crippen molar-refractivity contribution in [3.8, 4) is 0 Å². The summed E-state index contributed by atoms with van der Waals surface area (Å²) in [6, 6.07) is 0. The minimum atomic E-state index is -0.407. The molecular formula is C6H12N2O. The Morgan fingerprint density at radius 2 is 2.33 bits per heavy atom. The fourth-order valence-corrected chi connectivity index (χ4v) is 0.306. The number of rotatable bonds is 3. The molecule has 0 radical (unpaired) electrons. The molecule has 3 nitrogen and oxygen atoms in total.